The lowest BCUT2D eigenvalue weighted by Crippen LogP contribution is -2.48. The zero-order valence-electron chi connectivity index (χ0n) is 18.6. The molecule has 0 spiro atoms. The van der Waals surface area contributed by atoms with Crippen LogP contribution < -0.4 is 0 Å². The minimum Gasteiger partial charge on any atom is -0.361 e. The molecule has 0 bridgehead atoms. The number of H-pyrrole nitrogens is 1. The van der Waals surface area contributed by atoms with Crippen molar-refractivity contribution in [1.29, 1.82) is 0 Å². The number of likely N-dealkylation sites (N-methyl/N-ethyl adjacent to an activating group) is 1. The molecule has 3 atom stereocenters. The topological polar surface area (TPSA) is 56.4 Å². The number of rotatable bonds is 6. The van der Waals surface area contributed by atoms with Crippen molar-refractivity contribution in [1.82, 2.24) is 14.8 Å². The van der Waals surface area contributed by atoms with E-state index < -0.39 is 10.8 Å². The lowest BCUT2D eigenvalue weighted by molar-refractivity contribution is -0.134. The Balaban J connectivity index is 1.37. The van der Waals surface area contributed by atoms with Crippen molar-refractivity contribution in [2.75, 3.05) is 32.4 Å². The number of hydrogen-bond donors (Lipinski definition) is 1. The first-order valence-electron chi connectivity index (χ1n) is 11.3. The van der Waals surface area contributed by atoms with Crippen LogP contribution in [0.1, 0.15) is 18.1 Å². The summed E-state index contributed by atoms with van der Waals surface area (Å²) in [6, 6.07) is 16.2. The van der Waals surface area contributed by atoms with E-state index in [4.69, 9.17) is 0 Å². The maximum atomic E-state index is 13.5. The molecule has 6 heteroatoms. The second-order valence-corrected chi connectivity index (χ2v) is 10.3. The van der Waals surface area contributed by atoms with E-state index in [0.29, 0.717) is 31.4 Å². The highest BCUT2D eigenvalue weighted by atomic mass is 32.2. The molecule has 1 amide bonds. The maximum Gasteiger partial charge on any atom is 0.230 e. The minimum absolute atomic E-state index is 0.127. The third kappa shape index (κ3) is 3.71. The SMILES string of the molecule is CCN(CCS(=O)c1ccccc1)C(=O)[C@@H]1C=C2c3cccc4[nH]cc(c34)C[C@H]2N(C)C1. The Bertz CT molecular complexity index is 1200. The van der Waals surface area contributed by atoms with Gasteiger partial charge in [0, 0.05) is 53.4 Å². The number of aromatic amines is 1. The number of benzene rings is 2. The summed E-state index contributed by atoms with van der Waals surface area (Å²) in [5, 5.41) is 1.29. The van der Waals surface area contributed by atoms with E-state index in [-0.39, 0.29) is 11.8 Å². The summed E-state index contributed by atoms with van der Waals surface area (Å²) >= 11 is 0. The van der Waals surface area contributed by atoms with Crippen molar-refractivity contribution >= 4 is 33.2 Å². The van der Waals surface area contributed by atoms with Gasteiger partial charge in [-0.3, -0.25) is 13.9 Å². The number of fused-ring (bicyclic) bond motifs is 2. The number of nitrogens with zero attached hydrogens (tertiary/aromatic N) is 2. The summed E-state index contributed by atoms with van der Waals surface area (Å²) < 4.78 is 12.7. The minimum atomic E-state index is -1.10. The largest absolute Gasteiger partial charge is 0.361 e. The predicted molar refractivity (Wildman–Crippen MR) is 130 cm³/mol. The zero-order valence-corrected chi connectivity index (χ0v) is 19.4. The number of amides is 1. The quantitative estimate of drug-likeness (QED) is 0.627. The van der Waals surface area contributed by atoms with Crippen LogP contribution in [0.3, 0.4) is 0 Å². The van der Waals surface area contributed by atoms with Crippen LogP contribution >= 0.6 is 0 Å². The first-order chi connectivity index (χ1) is 15.6. The van der Waals surface area contributed by atoms with Gasteiger partial charge in [-0.2, -0.15) is 0 Å². The van der Waals surface area contributed by atoms with Crippen LogP contribution in [-0.4, -0.2) is 63.4 Å². The fourth-order valence-corrected chi connectivity index (χ4v) is 6.23. The van der Waals surface area contributed by atoms with Gasteiger partial charge in [0.15, 0.2) is 0 Å². The highest BCUT2D eigenvalue weighted by Crippen LogP contribution is 2.40. The van der Waals surface area contributed by atoms with Gasteiger partial charge in [0.25, 0.3) is 0 Å². The summed E-state index contributed by atoms with van der Waals surface area (Å²) in [7, 11) is 1.02. The van der Waals surface area contributed by atoms with Gasteiger partial charge < -0.3 is 9.88 Å². The van der Waals surface area contributed by atoms with Crippen LogP contribution in [0.4, 0.5) is 0 Å². The predicted octanol–water partition coefficient (Wildman–Crippen LogP) is 3.69. The van der Waals surface area contributed by atoms with E-state index in [1.54, 1.807) is 0 Å². The van der Waals surface area contributed by atoms with Crippen molar-refractivity contribution in [2.24, 2.45) is 5.92 Å². The summed E-state index contributed by atoms with van der Waals surface area (Å²) in [6.45, 7) is 3.83. The van der Waals surface area contributed by atoms with Crippen molar-refractivity contribution in [2.45, 2.75) is 24.3 Å². The van der Waals surface area contributed by atoms with Gasteiger partial charge in [0.2, 0.25) is 5.91 Å². The summed E-state index contributed by atoms with van der Waals surface area (Å²) in [4.78, 5) is 21.9. The van der Waals surface area contributed by atoms with E-state index in [0.717, 1.165) is 16.8 Å². The third-order valence-electron chi connectivity index (χ3n) is 6.83. The number of nitrogens with one attached hydrogen (secondary N) is 1. The van der Waals surface area contributed by atoms with Crippen molar-refractivity contribution in [3.05, 3.63) is 71.9 Å². The molecule has 2 aromatic carbocycles. The molecule has 2 aliphatic rings. The average Bonchev–Trinajstić information content (AvgIpc) is 3.24. The molecule has 5 nitrogen and oxygen atoms in total. The smallest absolute Gasteiger partial charge is 0.230 e. The second kappa shape index (κ2) is 8.68. The van der Waals surface area contributed by atoms with Gasteiger partial charge in [0.05, 0.1) is 16.7 Å². The molecule has 1 N–H and O–H groups in total. The Kier molecular flexibility index (Phi) is 5.74. The highest BCUT2D eigenvalue weighted by molar-refractivity contribution is 7.85. The fourth-order valence-electron chi connectivity index (χ4n) is 5.15. The fraction of sp³-hybridized carbons (Fsp3) is 0.346. The summed E-state index contributed by atoms with van der Waals surface area (Å²) in [5.74, 6) is 0.395. The van der Waals surface area contributed by atoms with Gasteiger partial charge in [-0.25, -0.2) is 0 Å². The van der Waals surface area contributed by atoms with Crippen LogP contribution in [0.25, 0.3) is 16.5 Å². The molecular formula is C26H29N3O2S. The Morgan fingerprint density at radius 3 is 2.78 bits per heavy atom. The lowest BCUT2D eigenvalue weighted by atomic mass is 9.79. The van der Waals surface area contributed by atoms with E-state index in [9.17, 15) is 9.00 Å². The van der Waals surface area contributed by atoms with Crippen LogP contribution in [-0.2, 0) is 22.0 Å². The number of hydrogen-bond acceptors (Lipinski definition) is 3. The zero-order chi connectivity index (χ0) is 22.2. The molecule has 0 fully saturated rings. The Morgan fingerprint density at radius 2 is 2.00 bits per heavy atom. The molecule has 3 aromatic rings. The lowest BCUT2D eigenvalue weighted by Gasteiger charge is -2.40. The van der Waals surface area contributed by atoms with Crippen molar-refractivity contribution < 1.29 is 9.00 Å². The molecule has 1 aliphatic heterocycles. The van der Waals surface area contributed by atoms with Gasteiger partial charge in [0.1, 0.15) is 0 Å². The molecule has 0 saturated heterocycles. The standard InChI is InChI=1S/C26H29N3O2S/c1-3-29(12-13-32(31)20-8-5-4-6-9-20)26(30)19-14-22-21-10-7-11-23-25(21)18(16-27-23)15-24(22)28(2)17-19/h4-11,14,16,19,24,27H,3,12-13,15,17H2,1-2H3/t19-,24-,32?/m1/s1. The first-order valence-corrected chi connectivity index (χ1v) is 12.6. The third-order valence-corrected chi connectivity index (χ3v) is 8.18. The van der Waals surface area contributed by atoms with Gasteiger partial charge >= 0.3 is 0 Å². The van der Waals surface area contributed by atoms with Crippen LogP contribution in [0.15, 0.2) is 65.7 Å². The molecule has 1 aliphatic carbocycles. The average molecular weight is 448 g/mol. The van der Waals surface area contributed by atoms with Gasteiger partial charge in [-0.15, -0.1) is 0 Å². The Hall–Kier alpha value is -2.70. The molecule has 166 valence electrons. The molecule has 0 saturated carbocycles. The molecule has 1 aromatic heterocycles. The highest BCUT2D eigenvalue weighted by Gasteiger charge is 2.36. The van der Waals surface area contributed by atoms with Crippen LogP contribution in [0, 0.1) is 5.92 Å². The van der Waals surface area contributed by atoms with Gasteiger partial charge in [-0.1, -0.05) is 36.4 Å². The van der Waals surface area contributed by atoms with E-state index in [1.807, 2.05) is 42.2 Å². The molecule has 32 heavy (non-hydrogen) atoms. The molecule has 1 unspecified atom stereocenters. The molecular weight excluding hydrogens is 418 g/mol. The van der Waals surface area contributed by atoms with Crippen LogP contribution in [0.2, 0.25) is 0 Å². The molecule has 2 heterocycles. The summed E-state index contributed by atoms with van der Waals surface area (Å²) in [5.41, 5.74) is 5.02. The normalized spacial score (nSPS) is 21.1. The maximum absolute atomic E-state index is 13.5. The van der Waals surface area contributed by atoms with Crippen molar-refractivity contribution in [3.8, 4) is 0 Å². The van der Waals surface area contributed by atoms with E-state index >= 15 is 0 Å². The first kappa shape index (κ1) is 21.2. The molecule has 0 radical (unpaired) electrons. The van der Waals surface area contributed by atoms with E-state index in [1.165, 1.54) is 22.1 Å². The number of carbonyl (C=O) groups is 1. The number of aromatic nitrogens is 1. The Morgan fingerprint density at radius 1 is 1.19 bits per heavy atom. The molecule has 5 rings (SSSR count). The van der Waals surface area contributed by atoms with Gasteiger partial charge in [-0.05, 0) is 55.3 Å². The van der Waals surface area contributed by atoms with Crippen molar-refractivity contribution in [3.63, 3.8) is 0 Å². The summed E-state index contributed by atoms with van der Waals surface area (Å²) in [6.07, 6.45) is 5.30. The number of carbonyl (C=O) groups excluding carboxylic acids is 1. The second-order valence-electron chi connectivity index (χ2n) is 8.71. The monoisotopic (exact) mass is 447 g/mol. The Labute approximate surface area is 191 Å². The van der Waals surface area contributed by atoms with Crippen LogP contribution in [0.5, 0.6) is 0 Å². The van der Waals surface area contributed by atoms with E-state index in [2.05, 4.69) is 47.4 Å².